The molecule has 0 saturated carbocycles. The number of thioether (sulfide) groups is 1. The van der Waals surface area contributed by atoms with Crippen molar-refractivity contribution in [3.8, 4) is 0 Å². The predicted octanol–water partition coefficient (Wildman–Crippen LogP) is 3.45. The van der Waals surface area contributed by atoms with E-state index < -0.39 is 0 Å². The molecule has 0 saturated heterocycles. The average molecular weight is 201 g/mol. The Kier molecular flexibility index (Phi) is 16.8. The lowest BCUT2D eigenvalue weighted by Gasteiger charge is -2.10. The van der Waals surface area contributed by atoms with E-state index in [1.54, 1.807) is 6.08 Å². The minimum absolute atomic E-state index is 1.08. The van der Waals surface area contributed by atoms with Crippen molar-refractivity contribution in [1.82, 2.24) is 5.32 Å². The molecule has 78 valence electrons. The van der Waals surface area contributed by atoms with Crippen molar-refractivity contribution >= 4 is 11.8 Å². The predicted molar refractivity (Wildman–Crippen MR) is 66.3 cm³/mol. The molecule has 0 aromatic carbocycles. The standard InChI is InChI=1S/C6H11NS.C3H6.C2H6/c1-8-6-3-2-4-7-5-6;1-3-2;1-2/h3,7H,2,4-5H2,1H3;3H,1H2,2H3;1-2H3. The van der Waals surface area contributed by atoms with Gasteiger partial charge >= 0.3 is 0 Å². The van der Waals surface area contributed by atoms with Crippen molar-refractivity contribution in [2.75, 3.05) is 19.3 Å². The van der Waals surface area contributed by atoms with Gasteiger partial charge < -0.3 is 5.32 Å². The second-order valence-electron chi connectivity index (χ2n) is 2.25. The lowest BCUT2D eigenvalue weighted by atomic mass is 10.3. The summed E-state index contributed by atoms with van der Waals surface area (Å²) in [5, 5.41) is 3.30. The topological polar surface area (TPSA) is 12.0 Å². The first-order valence-electron chi connectivity index (χ1n) is 4.86. The molecule has 0 atom stereocenters. The van der Waals surface area contributed by atoms with Gasteiger partial charge in [-0.2, -0.15) is 0 Å². The van der Waals surface area contributed by atoms with Crippen molar-refractivity contribution in [3.63, 3.8) is 0 Å². The second kappa shape index (κ2) is 14.3. The van der Waals surface area contributed by atoms with E-state index in [4.69, 9.17) is 0 Å². The summed E-state index contributed by atoms with van der Waals surface area (Å²) in [4.78, 5) is 1.48. The van der Waals surface area contributed by atoms with Gasteiger partial charge in [0, 0.05) is 6.54 Å². The molecule has 0 aliphatic carbocycles. The molecule has 0 unspecified atom stereocenters. The minimum Gasteiger partial charge on any atom is -0.312 e. The summed E-state index contributed by atoms with van der Waals surface area (Å²) in [6, 6.07) is 0. The van der Waals surface area contributed by atoms with E-state index in [1.807, 2.05) is 32.5 Å². The summed E-state index contributed by atoms with van der Waals surface area (Å²) in [7, 11) is 0. The molecule has 2 heteroatoms. The molecule has 1 rings (SSSR count). The van der Waals surface area contributed by atoms with Gasteiger partial charge in [-0.3, -0.25) is 0 Å². The summed E-state index contributed by atoms with van der Waals surface area (Å²) in [6.07, 6.45) is 7.39. The highest BCUT2D eigenvalue weighted by Crippen LogP contribution is 2.12. The third-order valence-corrected chi connectivity index (χ3v) is 2.09. The van der Waals surface area contributed by atoms with E-state index in [0.717, 1.165) is 13.1 Å². The third-order valence-electron chi connectivity index (χ3n) is 1.25. The van der Waals surface area contributed by atoms with Crippen LogP contribution in [0.3, 0.4) is 0 Å². The van der Waals surface area contributed by atoms with Gasteiger partial charge in [-0.05, 0) is 31.1 Å². The minimum atomic E-state index is 1.08. The highest BCUT2D eigenvalue weighted by atomic mass is 32.2. The zero-order chi connectivity index (χ0) is 10.5. The Bertz CT molecular complexity index is 130. The fourth-order valence-electron chi connectivity index (χ4n) is 0.774. The molecule has 0 amide bonds. The maximum absolute atomic E-state index is 3.36. The van der Waals surface area contributed by atoms with Crippen molar-refractivity contribution in [2.24, 2.45) is 0 Å². The molecule has 0 radical (unpaired) electrons. The fraction of sp³-hybridized carbons (Fsp3) is 0.636. The maximum Gasteiger partial charge on any atom is 0.0262 e. The summed E-state index contributed by atoms with van der Waals surface area (Å²) in [5.41, 5.74) is 0. The van der Waals surface area contributed by atoms with Crippen molar-refractivity contribution in [2.45, 2.75) is 27.2 Å². The maximum atomic E-state index is 3.36. The van der Waals surface area contributed by atoms with Crippen LogP contribution in [-0.2, 0) is 0 Å². The number of hydrogen-bond acceptors (Lipinski definition) is 2. The molecule has 0 spiro atoms. The fourth-order valence-corrected chi connectivity index (χ4v) is 1.31. The molecular weight excluding hydrogens is 178 g/mol. The van der Waals surface area contributed by atoms with Crippen LogP contribution in [0.4, 0.5) is 0 Å². The van der Waals surface area contributed by atoms with E-state index in [0.29, 0.717) is 0 Å². The molecule has 1 aliphatic rings. The number of rotatable bonds is 1. The zero-order valence-corrected chi connectivity index (χ0v) is 10.2. The molecule has 0 fully saturated rings. The van der Waals surface area contributed by atoms with Gasteiger partial charge in [0.25, 0.3) is 0 Å². The van der Waals surface area contributed by atoms with Crippen molar-refractivity contribution < 1.29 is 0 Å². The van der Waals surface area contributed by atoms with E-state index in [9.17, 15) is 0 Å². The number of nitrogens with one attached hydrogen (secondary N) is 1. The highest BCUT2D eigenvalue weighted by Gasteiger charge is 1.98. The SMILES string of the molecule is C=CC.CC.CSC1=CCCNC1. The van der Waals surface area contributed by atoms with Crippen molar-refractivity contribution in [3.05, 3.63) is 23.6 Å². The zero-order valence-electron chi connectivity index (χ0n) is 9.39. The molecule has 1 aliphatic heterocycles. The summed E-state index contributed by atoms with van der Waals surface area (Å²) < 4.78 is 0. The van der Waals surface area contributed by atoms with E-state index in [1.165, 1.54) is 11.3 Å². The molecule has 1 heterocycles. The van der Waals surface area contributed by atoms with Gasteiger partial charge in [-0.15, -0.1) is 18.3 Å². The van der Waals surface area contributed by atoms with Gasteiger partial charge in [-0.1, -0.05) is 26.0 Å². The lowest BCUT2D eigenvalue weighted by Crippen LogP contribution is -2.20. The third kappa shape index (κ3) is 11.8. The van der Waals surface area contributed by atoms with Crippen LogP contribution in [0.15, 0.2) is 23.6 Å². The summed E-state index contributed by atoms with van der Waals surface area (Å²) >= 11 is 1.84. The first kappa shape index (κ1) is 15.3. The lowest BCUT2D eigenvalue weighted by molar-refractivity contribution is 0.722. The van der Waals surface area contributed by atoms with Crippen LogP contribution >= 0.6 is 11.8 Å². The number of hydrogen-bond donors (Lipinski definition) is 1. The van der Waals surface area contributed by atoms with E-state index >= 15 is 0 Å². The van der Waals surface area contributed by atoms with E-state index in [-0.39, 0.29) is 0 Å². The van der Waals surface area contributed by atoms with Crippen molar-refractivity contribution in [1.29, 1.82) is 0 Å². The molecule has 1 N–H and O–H groups in total. The Morgan fingerprint density at radius 1 is 1.54 bits per heavy atom. The summed E-state index contributed by atoms with van der Waals surface area (Å²) in [6.45, 7) is 11.5. The Morgan fingerprint density at radius 2 is 2.08 bits per heavy atom. The Morgan fingerprint density at radius 3 is 2.31 bits per heavy atom. The van der Waals surface area contributed by atoms with E-state index in [2.05, 4.69) is 24.2 Å². The van der Waals surface area contributed by atoms with Crippen LogP contribution in [-0.4, -0.2) is 19.3 Å². The normalized spacial score (nSPS) is 14.0. The van der Waals surface area contributed by atoms with Crippen LogP contribution in [0.1, 0.15) is 27.2 Å². The van der Waals surface area contributed by atoms with Crippen LogP contribution in [0.25, 0.3) is 0 Å². The molecular formula is C11H23NS. The van der Waals surface area contributed by atoms with Gasteiger partial charge in [0.15, 0.2) is 0 Å². The Labute approximate surface area is 87.7 Å². The number of allylic oxidation sites excluding steroid dienone is 1. The molecule has 0 bridgehead atoms. The molecule has 1 nitrogen and oxygen atoms in total. The van der Waals surface area contributed by atoms with Crippen LogP contribution < -0.4 is 5.32 Å². The van der Waals surface area contributed by atoms with Crippen LogP contribution in [0.5, 0.6) is 0 Å². The van der Waals surface area contributed by atoms with Gasteiger partial charge in [0.05, 0.1) is 0 Å². The quantitative estimate of drug-likeness (QED) is 0.652. The Balaban J connectivity index is 0. The first-order chi connectivity index (χ1) is 6.35. The van der Waals surface area contributed by atoms with Crippen LogP contribution in [0.2, 0.25) is 0 Å². The highest BCUT2D eigenvalue weighted by molar-refractivity contribution is 8.02. The second-order valence-corrected chi connectivity index (χ2v) is 3.18. The van der Waals surface area contributed by atoms with Gasteiger partial charge in [-0.25, -0.2) is 0 Å². The Hall–Kier alpha value is -0.210. The largest absolute Gasteiger partial charge is 0.312 e. The molecule has 0 aromatic heterocycles. The van der Waals surface area contributed by atoms with Crippen LogP contribution in [0, 0.1) is 0 Å². The molecule has 0 aromatic rings. The monoisotopic (exact) mass is 201 g/mol. The van der Waals surface area contributed by atoms with Gasteiger partial charge in [0.1, 0.15) is 0 Å². The first-order valence-corrected chi connectivity index (χ1v) is 6.08. The summed E-state index contributed by atoms with van der Waals surface area (Å²) in [5.74, 6) is 0. The van der Waals surface area contributed by atoms with Gasteiger partial charge in [0.2, 0.25) is 0 Å². The smallest absolute Gasteiger partial charge is 0.0262 e. The average Bonchev–Trinajstić information content (AvgIpc) is 2.23. The molecule has 13 heavy (non-hydrogen) atoms.